The van der Waals surface area contributed by atoms with Gasteiger partial charge in [-0.3, -0.25) is 14.3 Å². The Labute approximate surface area is 206 Å². The first-order valence-electron chi connectivity index (χ1n) is 11.7. The van der Waals surface area contributed by atoms with E-state index >= 15 is 0 Å². The second kappa shape index (κ2) is 9.30. The second-order valence-electron chi connectivity index (χ2n) is 8.73. The fourth-order valence-electron chi connectivity index (χ4n) is 4.62. The minimum atomic E-state index is -0.544. The van der Waals surface area contributed by atoms with Gasteiger partial charge in [-0.05, 0) is 46.9 Å². The molecule has 0 spiro atoms. The van der Waals surface area contributed by atoms with Crippen LogP contribution >= 0.6 is 0 Å². The molecule has 8 nitrogen and oxygen atoms in total. The lowest BCUT2D eigenvalue weighted by molar-refractivity contribution is 0.0600. The highest BCUT2D eigenvalue weighted by molar-refractivity contribution is 5.89. The van der Waals surface area contributed by atoms with E-state index in [1.54, 1.807) is 37.4 Å². The molecule has 5 rings (SSSR count). The summed E-state index contributed by atoms with van der Waals surface area (Å²) in [7, 11) is 1.32. The molecule has 1 aliphatic carbocycles. The van der Waals surface area contributed by atoms with Crippen molar-refractivity contribution in [3.05, 3.63) is 120 Å². The van der Waals surface area contributed by atoms with Crippen LogP contribution in [0.25, 0.3) is 12.2 Å². The number of carbonyl (C=O) groups is 1. The zero-order chi connectivity index (χ0) is 25.4. The number of carbonyl (C=O) groups excluding carboxylic acids is 1. The number of methoxy groups -OCH3 is 1. The Kier molecular flexibility index (Phi) is 6.01. The van der Waals surface area contributed by atoms with Crippen molar-refractivity contribution in [1.82, 2.24) is 14.5 Å². The van der Waals surface area contributed by atoms with E-state index < -0.39 is 23.1 Å². The third-order valence-electron chi connectivity index (χ3n) is 6.40. The molecule has 0 saturated carbocycles. The molecule has 1 aliphatic rings. The molecule has 1 atom stereocenters. The molecule has 8 heteroatoms. The second-order valence-corrected chi connectivity index (χ2v) is 8.73. The average Bonchev–Trinajstić information content (AvgIpc) is 3.18. The van der Waals surface area contributed by atoms with Crippen LogP contribution in [0.2, 0.25) is 0 Å². The number of aromatic amines is 1. The maximum Gasteiger partial charge on any atom is 0.337 e. The Morgan fingerprint density at radius 3 is 2.72 bits per heavy atom. The van der Waals surface area contributed by atoms with Crippen molar-refractivity contribution in [3.8, 4) is 0 Å². The first-order valence-corrected chi connectivity index (χ1v) is 11.7. The standard InChI is InChI=1S/C28H25N3O5/c1-4-17-8-10-21-19(12-17)9-11-23-25(29-16(2)36-23)24(21)22-15-31(28(34)30-26(22)32)14-18-6-5-7-20(13-18)27(33)35-3/h5-13,15,24H,4,14H2,1-3H3,(H,30,32,34). The molecule has 0 radical (unpaired) electrons. The van der Waals surface area contributed by atoms with Crippen LogP contribution in [-0.2, 0) is 17.7 Å². The summed E-state index contributed by atoms with van der Waals surface area (Å²) in [6.45, 7) is 4.01. The Balaban J connectivity index is 1.65. The predicted octanol–water partition coefficient (Wildman–Crippen LogP) is 3.89. The Morgan fingerprint density at radius 2 is 1.94 bits per heavy atom. The van der Waals surface area contributed by atoms with Gasteiger partial charge in [0.1, 0.15) is 0 Å². The van der Waals surface area contributed by atoms with Crippen LogP contribution in [0.3, 0.4) is 0 Å². The number of aryl methyl sites for hydroxylation is 2. The number of nitrogens with zero attached hydrogens (tertiary/aromatic N) is 2. The number of benzene rings is 2. The summed E-state index contributed by atoms with van der Waals surface area (Å²) >= 11 is 0. The van der Waals surface area contributed by atoms with Crippen LogP contribution in [0.1, 0.15) is 68.4 Å². The first-order chi connectivity index (χ1) is 17.4. The topological polar surface area (TPSA) is 107 Å². The van der Waals surface area contributed by atoms with Crippen LogP contribution in [0.4, 0.5) is 0 Å². The van der Waals surface area contributed by atoms with E-state index in [0.717, 1.165) is 17.5 Å². The molecule has 36 heavy (non-hydrogen) atoms. The van der Waals surface area contributed by atoms with Crippen molar-refractivity contribution in [2.24, 2.45) is 0 Å². The van der Waals surface area contributed by atoms with Crippen LogP contribution in [0.15, 0.2) is 62.7 Å². The van der Waals surface area contributed by atoms with Crippen molar-refractivity contribution in [2.45, 2.75) is 32.7 Å². The molecule has 2 aromatic carbocycles. The number of oxazole rings is 1. The number of rotatable bonds is 5. The summed E-state index contributed by atoms with van der Waals surface area (Å²) < 4.78 is 12.1. The average molecular weight is 484 g/mol. The summed E-state index contributed by atoms with van der Waals surface area (Å²) in [5, 5.41) is 0. The molecule has 2 heterocycles. The quantitative estimate of drug-likeness (QED) is 0.380. The van der Waals surface area contributed by atoms with Crippen molar-refractivity contribution in [3.63, 3.8) is 0 Å². The van der Waals surface area contributed by atoms with Gasteiger partial charge in [-0.25, -0.2) is 14.6 Å². The van der Waals surface area contributed by atoms with Gasteiger partial charge in [-0.2, -0.15) is 0 Å². The fourth-order valence-corrected chi connectivity index (χ4v) is 4.62. The molecule has 0 fully saturated rings. The van der Waals surface area contributed by atoms with E-state index in [1.165, 1.54) is 17.2 Å². The van der Waals surface area contributed by atoms with Crippen LogP contribution in [-0.4, -0.2) is 27.6 Å². The normalized spacial score (nSPS) is 14.1. The number of fused-ring (bicyclic) bond motifs is 2. The van der Waals surface area contributed by atoms with Gasteiger partial charge in [0.15, 0.2) is 11.7 Å². The molecule has 0 aliphatic heterocycles. The lowest BCUT2D eigenvalue weighted by atomic mass is 9.86. The lowest BCUT2D eigenvalue weighted by Gasteiger charge is -2.19. The summed E-state index contributed by atoms with van der Waals surface area (Å²) in [5.74, 6) is 0.0713. The smallest absolute Gasteiger partial charge is 0.337 e. The number of nitrogens with one attached hydrogen (secondary N) is 1. The summed E-state index contributed by atoms with van der Waals surface area (Å²) in [5.41, 5.74) is 4.10. The molecular weight excluding hydrogens is 458 g/mol. The van der Waals surface area contributed by atoms with E-state index in [1.807, 2.05) is 24.3 Å². The van der Waals surface area contributed by atoms with Crippen molar-refractivity contribution < 1.29 is 13.9 Å². The zero-order valence-corrected chi connectivity index (χ0v) is 20.2. The van der Waals surface area contributed by atoms with E-state index in [2.05, 4.69) is 23.0 Å². The molecular formula is C28H25N3O5. The highest BCUT2D eigenvalue weighted by Gasteiger charge is 2.30. The first kappa shape index (κ1) is 23.3. The molecule has 4 aromatic rings. The Hall–Kier alpha value is -4.46. The van der Waals surface area contributed by atoms with Crippen molar-refractivity contribution in [1.29, 1.82) is 0 Å². The van der Waals surface area contributed by atoms with E-state index in [0.29, 0.717) is 34.0 Å². The van der Waals surface area contributed by atoms with Gasteiger partial charge in [0.05, 0.1) is 30.8 Å². The molecule has 0 saturated heterocycles. The van der Waals surface area contributed by atoms with E-state index in [9.17, 15) is 14.4 Å². The van der Waals surface area contributed by atoms with Crippen LogP contribution in [0, 0.1) is 6.92 Å². The van der Waals surface area contributed by atoms with Crippen molar-refractivity contribution >= 4 is 18.1 Å². The summed E-state index contributed by atoms with van der Waals surface area (Å²) in [6.07, 6.45) is 6.30. The summed E-state index contributed by atoms with van der Waals surface area (Å²) in [4.78, 5) is 45.0. The van der Waals surface area contributed by atoms with E-state index in [4.69, 9.17) is 9.15 Å². The lowest BCUT2D eigenvalue weighted by Crippen LogP contribution is -2.33. The van der Waals surface area contributed by atoms with Gasteiger partial charge in [-0.15, -0.1) is 0 Å². The molecule has 0 bridgehead atoms. The van der Waals surface area contributed by atoms with E-state index in [-0.39, 0.29) is 6.54 Å². The number of esters is 1. The monoisotopic (exact) mass is 483 g/mol. The highest BCUT2D eigenvalue weighted by atomic mass is 16.5. The zero-order valence-electron chi connectivity index (χ0n) is 20.2. The minimum Gasteiger partial charge on any atom is -0.465 e. The number of hydrogen-bond acceptors (Lipinski definition) is 6. The molecule has 1 unspecified atom stereocenters. The fraction of sp³-hybridized carbons (Fsp3) is 0.214. The van der Waals surface area contributed by atoms with Gasteiger partial charge >= 0.3 is 11.7 Å². The predicted molar refractivity (Wildman–Crippen MR) is 135 cm³/mol. The number of H-pyrrole nitrogens is 1. The van der Waals surface area contributed by atoms with Crippen LogP contribution in [0.5, 0.6) is 0 Å². The Morgan fingerprint density at radius 1 is 1.11 bits per heavy atom. The van der Waals surface area contributed by atoms with Crippen LogP contribution < -0.4 is 11.2 Å². The van der Waals surface area contributed by atoms with Crippen molar-refractivity contribution in [2.75, 3.05) is 7.11 Å². The maximum atomic E-state index is 13.2. The largest absolute Gasteiger partial charge is 0.465 e. The SMILES string of the molecule is CCc1ccc2c(c1)C=Cc1oc(C)nc1C2c1cn(Cc2cccc(C(=O)OC)c2)c(=O)[nH]c1=O. The number of aromatic nitrogens is 3. The molecule has 1 N–H and O–H groups in total. The maximum absolute atomic E-state index is 13.2. The molecule has 2 aromatic heterocycles. The van der Waals surface area contributed by atoms with Gasteiger partial charge in [0.25, 0.3) is 5.56 Å². The van der Waals surface area contributed by atoms with Gasteiger partial charge < -0.3 is 9.15 Å². The third-order valence-corrected chi connectivity index (χ3v) is 6.40. The Bertz CT molecular complexity index is 1620. The molecule has 182 valence electrons. The van der Waals surface area contributed by atoms with Gasteiger partial charge in [0.2, 0.25) is 0 Å². The number of ether oxygens (including phenoxy) is 1. The number of hydrogen-bond donors (Lipinski definition) is 1. The highest BCUT2D eigenvalue weighted by Crippen LogP contribution is 2.38. The third kappa shape index (κ3) is 4.22. The van der Waals surface area contributed by atoms with Gasteiger partial charge in [-0.1, -0.05) is 43.3 Å². The minimum absolute atomic E-state index is 0.157. The van der Waals surface area contributed by atoms with Gasteiger partial charge in [0, 0.05) is 18.7 Å². The molecule has 0 amide bonds. The summed E-state index contributed by atoms with van der Waals surface area (Å²) in [6, 6.07) is 13.0.